The van der Waals surface area contributed by atoms with E-state index in [1.165, 1.54) is 11.8 Å². The van der Waals surface area contributed by atoms with E-state index in [-0.39, 0.29) is 5.70 Å². The molecular formula is C24H19ClN2O3S. The number of thioether (sulfide) groups is 1. The molecule has 0 spiro atoms. The van der Waals surface area contributed by atoms with Gasteiger partial charge in [-0.25, -0.2) is 4.90 Å². The lowest BCUT2D eigenvalue weighted by molar-refractivity contribution is -0.120. The summed E-state index contributed by atoms with van der Waals surface area (Å²) in [4.78, 5) is 29.0. The molecule has 2 amide bonds. The van der Waals surface area contributed by atoms with Gasteiger partial charge in [-0.15, -0.1) is 0 Å². The van der Waals surface area contributed by atoms with Crippen LogP contribution in [0.2, 0.25) is 5.02 Å². The Labute approximate surface area is 189 Å². The van der Waals surface area contributed by atoms with Crippen LogP contribution in [-0.4, -0.2) is 18.9 Å². The predicted octanol–water partition coefficient (Wildman–Crippen LogP) is 5.65. The molecule has 0 saturated heterocycles. The molecule has 0 unspecified atom stereocenters. The number of carbonyl (C=O) groups is 2. The number of para-hydroxylation sites is 2. The van der Waals surface area contributed by atoms with Gasteiger partial charge in [-0.05, 0) is 55.5 Å². The predicted molar refractivity (Wildman–Crippen MR) is 125 cm³/mol. The minimum absolute atomic E-state index is 0.204. The highest BCUT2D eigenvalue weighted by molar-refractivity contribution is 8.04. The van der Waals surface area contributed by atoms with Gasteiger partial charge in [-0.1, -0.05) is 53.2 Å². The lowest BCUT2D eigenvalue weighted by Gasteiger charge is -2.16. The van der Waals surface area contributed by atoms with Gasteiger partial charge in [0, 0.05) is 9.92 Å². The molecule has 0 aromatic heterocycles. The number of benzene rings is 3. The van der Waals surface area contributed by atoms with E-state index in [4.69, 9.17) is 16.3 Å². The van der Waals surface area contributed by atoms with Gasteiger partial charge in [0.05, 0.1) is 18.5 Å². The van der Waals surface area contributed by atoms with Crippen molar-refractivity contribution in [2.45, 2.75) is 11.8 Å². The van der Waals surface area contributed by atoms with E-state index in [0.717, 1.165) is 15.4 Å². The quantitative estimate of drug-likeness (QED) is 0.492. The van der Waals surface area contributed by atoms with Crippen molar-refractivity contribution in [2.24, 2.45) is 0 Å². The standard InChI is InChI=1S/C24H19ClN2O3S/c1-15-7-13-18(14-8-15)31-22-21(26-19-5-3-4-6-20(19)30-2)23(28)27(24(22)29)17-11-9-16(25)10-12-17/h3-14,26H,1-2H3. The molecule has 0 aliphatic carbocycles. The minimum atomic E-state index is -0.437. The van der Waals surface area contributed by atoms with Gasteiger partial charge in [-0.2, -0.15) is 0 Å². The third-order valence-electron chi connectivity index (χ3n) is 4.73. The molecule has 0 radical (unpaired) electrons. The second kappa shape index (κ2) is 8.88. The number of ether oxygens (including phenoxy) is 1. The number of nitrogens with one attached hydrogen (secondary N) is 1. The largest absolute Gasteiger partial charge is 0.495 e. The number of amides is 2. The molecule has 4 rings (SSSR count). The van der Waals surface area contributed by atoms with Gasteiger partial charge in [0.25, 0.3) is 11.8 Å². The lowest BCUT2D eigenvalue weighted by atomic mass is 10.2. The zero-order chi connectivity index (χ0) is 22.0. The Hall–Kier alpha value is -3.22. The Kier molecular flexibility index (Phi) is 6.02. The van der Waals surface area contributed by atoms with Gasteiger partial charge in [0.15, 0.2) is 0 Å². The van der Waals surface area contributed by atoms with E-state index in [1.807, 2.05) is 43.3 Å². The van der Waals surface area contributed by atoms with Gasteiger partial charge in [0.2, 0.25) is 0 Å². The summed E-state index contributed by atoms with van der Waals surface area (Å²) in [6, 6.07) is 21.6. The fourth-order valence-electron chi connectivity index (χ4n) is 3.15. The van der Waals surface area contributed by atoms with Crippen LogP contribution in [0.1, 0.15) is 5.56 Å². The van der Waals surface area contributed by atoms with E-state index >= 15 is 0 Å². The Morgan fingerprint density at radius 2 is 1.58 bits per heavy atom. The molecule has 1 aliphatic rings. The first-order valence-electron chi connectivity index (χ1n) is 9.51. The van der Waals surface area contributed by atoms with E-state index < -0.39 is 11.8 Å². The van der Waals surface area contributed by atoms with Crippen LogP contribution < -0.4 is 15.0 Å². The molecule has 7 heteroatoms. The van der Waals surface area contributed by atoms with Gasteiger partial charge in [-0.3, -0.25) is 9.59 Å². The molecule has 0 atom stereocenters. The number of nitrogens with zero attached hydrogens (tertiary/aromatic N) is 1. The van der Waals surface area contributed by atoms with E-state index in [0.29, 0.717) is 27.1 Å². The Balaban J connectivity index is 1.76. The van der Waals surface area contributed by atoms with Crippen LogP contribution in [0.3, 0.4) is 0 Å². The third-order valence-corrected chi connectivity index (χ3v) is 6.08. The number of hydrogen-bond donors (Lipinski definition) is 1. The maximum absolute atomic E-state index is 13.4. The van der Waals surface area contributed by atoms with Crippen LogP contribution in [0.4, 0.5) is 11.4 Å². The summed E-state index contributed by atoms with van der Waals surface area (Å²) in [5, 5.41) is 3.65. The van der Waals surface area contributed by atoms with Crippen LogP contribution in [0.15, 0.2) is 88.3 Å². The maximum Gasteiger partial charge on any atom is 0.283 e. The van der Waals surface area contributed by atoms with E-state index in [1.54, 1.807) is 43.5 Å². The second-order valence-electron chi connectivity index (χ2n) is 6.87. The van der Waals surface area contributed by atoms with Crippen molar-refractivity contribution in [1.82, 2.24) is 0 Å². The highest BCUT2D eigenvalue weighted by atomic mass is 35.5. The number of halogens is 1. The van der Waals surface area contributed by atoms with Crippen molar-refractivity contribution in [3.63, 3.8) is 0 Å². The summed E-state index contributed by atoms with van der Waals surface area (Å²) in [6.45, 7) is 1.99. The Bertz CT molecular complexity index is 1170. The average Bonchev–Trinajstić information content (AvgIpc) is 3.00. The molecule has 31 heavy (non-hydrogen) atoms. The highest BCUT2D eigenvalue weighted by Crippen LogP contribution is 2.39. The number of anilines is 2. The molecule has 1 heterocycles. The van der Waals surface area contributed by atoms with Crippen LogP contribution in [-0.2, 0) is 9.59 Å². The fourth-order valence-corrected chi connectivity index (χ4v) is 4.20. The molecule has 1 N–H and O–H groups in total. The summed E-state index contributed by atoms with van der Waals surface area (Å²) in [5.74, 6) is -0.261. The van der Waals surface area contributed by atoms with Crippen molar-refractivity contribution in [1.29, 1.82) is 0 Å². The first kappa shape index (κ1) is 21.0. The first-order valence-corrected chi connectivity index (χ1v) is 10.7. The maximum atomic E-state index is 13.4. The summed E-state index contributed by atoms with van der Waals surface area (Å²) in [7, 11) is 1.55. The van der Waals surface area contributed by atoms with E-state index in [9.17, 15) is 9.59 Å². The number of carbonyl (C=O) groups excluding carboxylic acids is 2. The summed E-state index contributed by atoms with van der Waals surface area (Å²) in [6.07, 6.45) is 0. The normalized spacial score (nSPS) is 13.7. The van der Waals surface area contributed by atoms with Crippen LogP contribution in [0.5, 0.6) is 5.75 Å². The van der Waals surface area contributed by atoms with E-state index in [2.05, 4.69) is 5.32 Å². The van der Waals surface area contributed by atoms with Crippen LogP contribution in [0.25, 0.3) is 0 Å². The molecule has 0 bridgehead atoms. The van der Waals surface area contributed by atoms with Crippen molar-refractivity contribution in [2.75, 3.05) is 17.3 Å². The number of imide groups is 1. The molecule has 156 valence electrons. The number of methoxy groups -OCH3 is 1. The van der Waals surface area contributed by atoms with Gasteiger partial charge < -0.3 is 10.1 Å². The summed E-state index contributed by atoms with van der Waals surface area (Å²) >= 11 is 7.23. The van der Waals surface area contributed by atoms with Crippen molar-refractivity contribution in [3.8, 4) is 5.75 Å². The topological polar surface area (TPSA) is 58.6 Å². The first-order chi connectivity index (χ1) is 15.0. The van der Waals surface area contributed by atoms with Crippen molar-refractivity contribution >= 4 is 46.6 Å². The van der Waals surface area contributed by atoms with Crippen LogP contribution in [0, 0.1) is 6.92 Å². The summed E-state index contributed by atoms with van der Waals surface area (Å²) < 4.78 is 5.39. The number of hydrogen-bond acceptors (Lipinski definition) is 5. The monoisotopic (exact) mass is 450 g/mol. The fraction of sp³-hybridized carbons (Fsp3) is 0.0833. The third kappa shape index (κ3) is 4.31. The zero-order valence-corrected chi connectivity index (χ0v) is 18.5. The molecule has 3 aromatic rings. The van der Waals surface area contributed by atoms with Gasteiger partial charge in [0.1, 0.15) is 16.4 Å². The Morgan fingerprint density at radius 3 is 2.26 bits per heavy atom. The smallest absolute Gasteiger partial charge is 0.283 e. The average molecular weight is 451 g/mol. The molecule has 5 nitrogen and oxygen atoms in total. The molecular weight excluding hydrogens is 432 g/mol. The molecule has 1 aliphatic heterocycles. The molecule has 0 fully saturated rings. The summed E-state index contributed by atoms with van der Waals surface area (Å²) in [5.41, 5.74) is 2.37. The highest BCUT2D eigenvalue weighted by Gasteiger charge is 2.40. The van der Waals surface area contributed by atoms with Crippen LogP contribution >= 0.6 is 23.4 Å². The second-order valence-corrected chi connectivity index (χ2v) is 8.39. The number of rotatable bonds is 6. The number of aryl methyl sites for hydroxylation is 1. The zero-order valence-electron chi connectivity index (χ0n) is 16.9. The van der Waals surface area contributed by atoms with Crippen molar-refractivity contribution < 1.29 is 14.3 Å². The van der Waals surface area contributed by atoms with Crippen molar-refractivity contribution in [3.05, 3.63) is 94.0 Å². The molecule has 0 saturated carbocycles. The SMILES string of the molecule is COc1ccccc1NC1=C(Sc2ccc(C)cc2)C(=O)N(c2ccc(Cl)cc2)C1=O. The lowest BCUT2D eigenvalue weighted by Crippen LogP contribution is -2.32. The van der Waals surface area contributed by atoms with Gasteiger partial charge >= 0.3 is 0 Å². The Morgan fingerprint density at radius 1 is 0.903 bits per heavy atom. The molecule has 3 aromatic carbocycles. The minimum Gasteiger partial charge on any atom is -0.495 e.